The summed E-state index contributed by atoms with van der Waals surface area (Å²) in [5.74, 6) is 2.80. The number of hydrogen-bond donors (Lipinski definition) is 0. The van der Waals surface area contributed by atoms with Crippen molar-refractivity contribution in [2.24, 2.45) is 7.05 Å². The van der Waals surface area contributed by atoms with Crippen molar-refractivity contribution in [1.29, 1.82) is 0 Å². The van der Waals surface area contributed by atoms with Gasteiger partial charge in [0, 0.05) is 18.7 Å². The van der Waals surface area contributed by atoms with Crippen molar-refractivity contribution in [3.8, 4) is 5.75 Å². The van der Waals surface area contributed by atoms with Gasteiger partial charge in [0.25, 0.3) is 0 Å². The second kappa shape index (κ2) is 7.14. The van der Waals surface area contributed by atoms with Gasteiger partial charge in [-0.25, -0.2) is 8.42 Å². The molecule has 0 radical (unpaired) electrons. The normalized spacial score (nSPS) is 19.5. The van der Waals surface area contributed by atoms with Crippen LogP contribution in [-0.4, -0.2) is 47.0 Å². The summed E-state index contributed by atoms with van der Waals surface area (Å²) < 4.78 is 30.9. The second-order valence-electron chi connectivity index (χ2n) is 5.96. The average molecular weight is 367 g/mol. The summed E-state index contributed by atoms with van der Waals surface area (Å²) in [7, 11) is -1.02. The van der Waals surface area contributed by atoms with Crippen LogP contribution in [0.3, 0.4) is 0 Å². The molecule has 1 atom stereocenters. The van der Waals surface area contributed by atoms with Gasteiger partial charge in [-0.3, -0.25) is 0 Å². The Morgan fingerprint density at radius 3 is 2.83 bits per heavy atom. The van der Waals surface area contributed by atoms with Gasteiger partial charge >= 0.3 is 0 Å². The molecule has 0 spiro atoms. The highest BCUT2D eigenvalue weighted by Crippen LogP contribution is 2.29. The zero-order valence-electron chi connectivity index (χ0n) is 13.8. The topological polar surface area (TPSA) is 74.1 Å². The molecule has 8 heteroatoms. The van der Waals surface area contributed by atoms with E-state index in [1.807, 2.05) is 42.8 Å². The summed E-state index contributed by atoms with van der Waals surface area (Å²) in [5.41, 5.74) is 1.12. The first-order valence-corrected chi connectivity index (χ1v) is 10.7. The Labute approximate surface area is 146 Å². The van der Waals surface area contributed by atoms with E-state index in [0.717, 1.165) is 28.0 Å². The van der Waals surface area contributed by atoms with Crippen molar-refractivity contribution < 1.29 is 13.2 Å². The monoisotopic (exact) mass is 367 g/mol. The maximum Gasteiger partial charge on any atom is 0.191 e. The van der Waals surface area contributed by atoms with Crippen LogP contribution in [0.5, 0.6) is 5.75 Å². The average Bonchev–Trinajstić information content (AvgIpc) is 3.08. The molecule has 3 rings (SSSR count). The molecule has 1 saturated heterocycles. The maximum absolute atomic E-state index is 11.6. The van der Waals surface area contributed by atoms with Crippen LogP contribution in [0.4, 0.5) is 0 Å². The Kier molecular flexibility index (Phi) is 5.15. The summed E-state index contributed by atoms with van der Waals surface area (Å²) in [6.45, 7) is 2.60. The summed E-state index contributed by atoms with van der Waals surface area (Å²) in [6.07, 6.45) is 0.634. The molecule has 1 aliphatic rings. The van der Waals surface area contributed by atoms with Crippen LogP contribution in [0.25, 0.3) is 0 Å². The van der Waals surface area contributed by atoms with Crippen LogP contribution in [0, 0.1) is 6.92 Å². The van der Waals surface area contributed by atoms with Gasteiger partial charge in [-0.1, -0.05) is 30.0 Å². The van der Waals surface area contributed by atoms with Crippen LogP contribution in [-0.2, 0) is 16.9 Å². The molecule has 1 aliphatic heterocycles. The summed E-state index contributed by atoms with van der Waals surface area (Å²) in [5, 5.41) is 9.19. The molecule has 0 N–H and O–H groups in total. The molecular formula is C16H21N3O3S2. The molecule has 130 valence electrons. The third-order valence-electron chi connectivity index (χ3n) is 4.13. The summed E-state index contributed by atoms with van der Waals surface area (Å²) in [4.78, 5) is 0. The van der Waals surface area contributed by atoms with E-state index < -0.39 is 9.84 Å². The number of thioether (sulfide) groups is 1. The molecule has 0 amide bonds. The van der Waals surface area contributed by atoms with Crippen molar-refractivity contribution >= 4 is 21.6 Å². The van der Waals surface area contributed by atoms with E-state index in [9.17, 15) is 8.42 Å². The van der Waals surface area contributed by atoms with E-state index in [1.54, 1.807) is 11.8 Å². The number of sulfone groups is 1. The SMILES string of the molecule is Cc1ccccc1OCCSc1nnc(C2CCS(=O)(=O)C2)n1C. The predicted molar refractivity (Wildman–Crippen MR) is 94.4 cm³/mol. The minimum absolute atomic E-state index is 0.0370. The highest BCUT2D eigenvalue weighted by molar-refractivity contribution is 7.99. The van der Waals surface area contributed by atoms with Gasteiger partial charge in [0.15, 0.2) is 15.0 Å². The maximum atomic E-state index is 11.6. The van der Waals surface area contributed by atoms with Gasteiger partial charge < -0.3 is 9.30 Å². The minimum Gasteiger partial charge on any atom is -0.492 e. The van der Waals surface area contributed by atoms with E-state index in [1.165, 1.54) is 0 Å². The number of nitrogens with zero attached hydrogens (tertiary/aromatic N) is 3. The highest BCUT2D eigenvalue weighted by atomic mass is 32.2. The number of rotatable bonds is 6. The van der Waals surface area contributed by atoms with Gasteiger partial charge in [0.2, 0.25) is 0 Å². The Morgan fingerprint density at radius 2 is 2.12 bits per heavy atom. The van der Waals surface area contributed by atoms with Gasteiger partial charge in [0.05, 0.1) is 18.1 Å². The molecule has 1 aromatic heterocycles. The van der Waals surface area contributed by atoms with Crippen LogP contribution >= 0.6 is 11.8 Å². The Bertz CT molecular complexity index is 818. The number of hydrogen-bond acceptors (Lipinski definition) is 6. The van der Waals surface area contributed by atoms with Gasteiger partial charge in [-0.15, -0.1) is 10.2 Å². The second-order valence-corrected chi connectivity index (χ2v) is 9.25. The smallest absolute Gasteiger partial charge is 0.191 e. The lowest BCUT2D eigenvalue weighted by Crippen LogP contribution is -2.09. The Hall–Kier alpha value is -1.54. The number of ether oxygens (including phenoxy) is 1. The number of benzene rings is 1. The van der Waals surface area contributed by atoms with Crippen molar-refractivity contribution in [3.05, 3.63) is 35.7 Å². The Morgan fingerprint density at radius 1 is 1.33 bits per heavy atom. The van der Waals surface area contributed by atoms with Crippen molar-refractivity contribution in [2.45, 2.75) is 24.4 Å². The first kappa shape index (κ1) is 17.3. The zero-order valence-corrected chi connectivity index (χ0v) is 15.4. The molecule has 1 aromatic carbocycles. The van der Waals surface area contributed by atoms with E-state index in [4.69, 9.17) is 4.74 Å². The third kappa shape index (κ3) is 3.92. The molecular weight excluding hydrogens is 346 g/mol. The Balaban J connectivity index is 1.54. The molecule has 2 aromatic rings. The number of para-hydroxylation sites is 1. The zero-order chi connectivity index (χ0) is 17.2. The largest absolute Gasteiger partial charge is 0.492 e. The molecule has 6 nitrogen and oxygen atoms in total. The van der Waals surface area contributed by atoms with Crippen LogP contribution in [0.1, 0.15) is 23.7 Å². The van der Waals surface area contributed by atoms with E-state index in [-0.39, 0.29) is 17.4 Å². The molecule has 24 heavy (non-hydrogen) atoms. The summed E-state index contributed by atoms with van der Waals surface area (Å²) in [6, 6.07) is 7.93. The standard InChI is InChI=1S/C16H21N3O3S2/c1-12-5-3-4-6-14(12)22-8-9-23-16-18-17-15(19(16)2)13-7-10-24(20,21)11-13/h3-6,13H,7-11H2,1-2H3. The van der Waals surface area contributed by atoms with Crippen LogP contribution in [0.15, 0.2) is 29.4 Å². The molecule has 0 aliphatic carbocycles. The lowest BCUT2D eigenvalue weighted by atomic mass is 10.1. The quantitative estimate of drug-likeness (QED) is 0.576. The minimum atomic E-state index is -2.91. The molecule has 1 unspecified atom stereocenters. The number of aryl methyl sites for hydroxylation is 1. The molecule has 1 fully saturated rings. The molecule has 0 bridgehead atoms. The first-order chi connectivity index (χ1) is 11.5. The van der Waals surface area contributed by atoms with E-state index in [2.05, 4.69) is 10.2 Å². The molecule has 2 heterocycles. The third-order valence-corrected chi connectivity index (χ3v) is 6.88. The van der Waals surface area contributed by atoms with Crippen molar-refractivity contribution in [2.75, 3.05) is 23.9 Å². The first-order valence-electron chi connectivity index (χ1n) is 7.87. The lowest BCUT2D eigenvalue weighted by Gasteiger charge is -2.09. The van der Waals surface area contributed by atoms with Crippen LogP contribution < -0.4 is 4.74 Å². The van der Waals surface area contributed by atoms with Gasteiger partial charge in [-0.05, 0) is 25.0 Å². The van der Waals surface area contributed by atoms with Gasteiger partial charge in [0.1, 0.15) is 11.6 Å². The lowest BCUT2D eigenvalue weighted by molar-refractivity contribution is 0.341. The highest BCUT2D eigenvalue weighted by Gasteiger charge is 2.32. The van der Waals surface area contributed by atoms with E-state index in [0.29, 0.717) is 13.0 Å². The fourth-order valence-corrected chi connectivity index (χ4v) is 5.28. The molecule has 0 saturated carbocycles. The van der Waals surface area contributed by atoms with Gasteiger partial charge in [-0.2, -0.15) is 0 Å². The summed E-state index contributed by atoms with van der Waals surface area (Å²) >= 11 is 1.57. The van der Waals surface area contributed by atoms with Crippen LogP contribution in [0.2, 0.25) is 0 Å². The van der Waals surface area contributed by atoms with E-state index >= 15 is 0 Å². The van der Waals surface area contributed by atoms with Crippen molar-refractivity contribution in [3.63, 3.8) is 0 Å². The number of aromatic nitrogens is 3. The fourth-order valence-electron chi connectivity index (χ4n) is 2.81. The van der Waals surface area contributed by atoms with Crippen molar-refractivity contribution in [1.82, 2.24) is 14.8 Å². The predicted octanol–water partition coefficient (Wildman–Crippen LogP) is 2.20. The fraction of sp³-hybridized carbons (Fsp3) is 0.500.